The molecule has 4 rings (SSSR count). The van der Waals surface area contributed by atoms with Gasteiger partial charge < -0.3 is 0 Å². The minimum atomic E-state index is -0.357. The van der Waals surface area contributed by atoms with E-state index in [2.05, 4.69) is 9.97 Å². The fourth-order valence-electron chi connectivity index (χ4n) is 3.46. The van der Waals surface area contributed by atoms with Crippen molar-refractivity contribution in [2.75, 3.05) is 0 Å². The Bertz CT molecular complexity index is 861. The van der Waals surface area contributed by atoms with E-state index in [1.54, 1.807) is 17.9 Å². The Morgan fingerprint density at radius 1 is 0.957 bits per heavy atom. The number of pyridine rings is 2. The molecule has 23 heavy (non-hydrogen) atoms. The number of benzene rings is 1. The molecular formula is C18H15N3O2. The van der Waals surface area contributed by atoms with Gasteiger partial charge >= 0.3 is 0 Å². The molecule has 0 radical (unpaired) electrons. The highest BCUT2D eigenvalue weighted by Crippen LogP contribution is 2.61. The summed E-state index contributed by atoms with van der Waals surface area (Å²) in [5, 5.41) is 9.06. The Morgan fingerprint density at radius 3 is 2.57 bits per heavy atom. The highest BCUT2D eigenvalue weighted by molar-refractivity contribution is 5.87. The predicted octanol–water partition coefficient (Wildman–Crippen LogP) is 2.63. The molecule has 1 fully saturated rings. The molecule has 0 saturated heterocycles. The van der Waals surface area contributed by atoms with Crippen LogP contribution in [0.3, 0.4) is 0 Å². The number of nitrogens with one attached hydrogen (secondary N) is 1. The molecule has 1 saturated carbocycles. The number of hydrogen-bond donors (Lipinski definition) is 2. The van der Waals surface area contributed by atoms with Crippen LogP contribution < -0.4 is 5.48 Å². The summed E-state index contributed by atoms with van der Waals surface area (Å²) in [6.45, 7) is 0. The van der Waals surface area contributed by atoms with Crippen molar-refractivity contribution in [2.24, 2.45) is 5.92 Å². The smallest absolute Gasteiger partial charge is 0.247 e. The van der Waals surface area contributed by atoms with Crippen molar-refractivity contribution in [2.45, 2.75) is 11.8 Å². The Balaban J connectivity index is 1.81. The molecule has 5 heteroatoms. The van der Waals surface area contributed by atoms with Crippen molar-refractivity contribution in [3.05, 3.63) is 72.1 Å². The number of aromatic nitrogens is 2. The molecule has 0 spiro atoms. The van der Waals surface area contributed by atoms with Gasteiger partial charge in [0.05, 0.1) is 17.0 Å². The summed E-state index contributed by atoms with van der Waals surface area (Å²) >= 11 is 0. The van der Waals surface area contributed by atoms with Crippen LogP contribution in [0, 0.1) is 5.92 Å². The van der Waals surface area contributed by atoms with Crippen LogP contribution in [0.2, 0.25) is 0 Å². The maximum Gasteiger partial charge on any atom is 0.247 e. The zero-order chi connectivity index (χ0) is 15.8. The second-order valence-corrected chi connectivity index (χ2v) is 5.74. The molecule has 3 aromatic rings. The van der Waals surface area contributed by atoms with Crippen molar-refractivity contribution in [1.82, 2.24) is 15.4 Å². The van der Waals surface area contributed by atoms with Crippen LogP contribution >= 0.6 is 0 Å². The zero-order valence-corrected chi connectivity index (χ0v) is 12.3. The monoisotopic (exact) mass is 305 g/mol. The van der Waals surface area contributed by atoms with Crippen molar-refractivity contribution >= 4 is 16.9 Å². The minimum Gasteiger partial charge on any atom is -0.289 e. The van der Waals surface area contributed by atoms with E-state index in [9.17, 15) is 4.79 Å². The normalized spacial score (nSPS) is 22.7. The Labute approximate surface area is 133 Å². The SMILES string of the molecule is O=C(NO)[C@@H]1[C@H](c2ccccc2)[C@H]1c1ccnc2cccnc12. The van der Waals surface area contributed by atoms with Gasteiger partial charge in [-0.1, -0.05) is 30.3 Å². The maximum absolute atomic E-state index is 12.1. The molecule has 0 aliphatic heterocycles. The fourth-order valence-corrected chi connectivity index (χ4v) is 3.46. The van der Waals surface area contributed by atoms with Gasteiger partial charge in [0.1, 0.15) is 0 Å². The molecule has 5 nitrogen and oxygen atoms in total. The van der Waals surface area contributed by atoms with E-state index in [0.717, 1.165) is 22.2 Å². The minimum absolute atomic E-state index is 0.00931. The number of carbonyl (C=O) groups excluding carboxylic acids is 1. The van der Waals surface area contributed by atoms with Crippen LogP contribution in [0.4, 0.5) is 0 Å². The molecule has 1 aliphatic carbocycles. The third-order valence-electron chi connectivity index (χ3n) is 4.50. The lowest BCUT2D eigenvalue weighted by Gasteiger charge is -2.04. The van der Waals surface area contributed by atoms with E-state index in [0.29, 0.717) is 0 Å². The van der Waals surface area contributed by atoms with Crippen LogP contribution in [0.25, 0.3) is 11.0 Å². The second-order valence-electron chi connectivity index (χ2n) is 5.74. The maximum atomic E-state index is 12.1. The second kappa shape index (κ2) is 5.44. The lowest BCUT2D eigenvalue weighted by molar-refractivity contribution is -0.130. The number of hydrogen-bond acceptors (Lipinski definition) is 4. The fraction of sp³-hybridized carbons (Fsp3) is 0.167. The summed E-state index contributed by atoms with van der Waals surface area (Å²) in [6, 6.07) is 15.6. The molecule has 0 bridgehead atoms. The summed E-state index contributed by atoms with van der Waals surface area (Å²) in [5.74, 6) is -0.624. The summed E-state index contributed by atoms with van der Waals surface area (Å²) < 4.78 is 0. The van der Waals surface area contributed by atoms with Gasteiger partial charge in [-0.2, -0.15) is 0 Å². The molecule has 3 atom stereocenters. The first-order valence-electron chi connectivity index (χ1n) is 7.50. The van der Waals surface area contributed by atoms with Gasteiger partial charge in [0.2, 0.25) is 5.91 Å². The van der Waals surface area contributed by atoms with E-state index in [1.807, 2.05) is 48.5 Å². The van der Waals surface area contributed by atoms with E-state index >= 15 is 0 Å². The average Bonchev–Trinajstić information content (AvgIpc) is 3.36. The molecule has 1 aromatic carbocycles. The Kier molecular flexibility index (Phi) is 3.28. The number of carbonyl (C=O) groups is 1. The van der Waals surface area contributed by atoms with Crippen LogP contribution in [0.5, 0.6) is 0 Å². The molecule has 2 aromatic heterocycles. The standard InChI is InChI=1S/C18H15N3O2/c22-18(21-23)16-14(11-5-2-1-3-6-11)15(16)12-8-10-19-13-7-4-9-20-17(12)13/h1-10,14-16,23H,(H,21,22)/t14-,15-,16-/m1/s1. The topological polar surface area (TPSA) is 75.1 Å². The van der Waals surface area contributed by atoms with Gasteiger partial charge in [0.25, 0.3) is 0 Å². The van der Waals surface area contributed by atoms with Crippen molar-refractivity contribution in [3.63, 3.8) is 0 Å². The van der Waals surface area contributed by atoms with E-state index in [4.69, 9.17) is 5.21 Å². The van der Waals surface area contributed by atoms with Gasteiger partial charge in [-0.05, 0) is 29.3 Å². The number of fused-ring (bicyclic) bond motifs is 1. The number of rotatable bonds is 3. The zero-order valence-electron chi connectivity index (χ0n) is 12.3. The molecule has 2 N–H and O–H groups in total. The van der Waals surface area contributed by atoms with Crippen LogP contribution in [0.1, 0.15) is 23.0 Å². The predicted molar refractivity (Wildman–Crippen MR) is 84.9 cm³/mol. The molecule has 2 heterocycles. The molecular weight excluding hydrogens is 290 g/mol. The Hall–Kier alpha value is -2.79. The summed E-state index contributed by atoms with van der Waals surface area (Å²) in [7, 11) is 0. The highest BCUT2D eigenvalue weighted by Gasteiger charge is 2.56. The van der Waals surface area contributed by atoms with Gasteiger partial charge in [-0.15, -0.1) is 0 Å². The molecule has 0 unspecified atom stereocenters. The van der Waals surface area contributed by atoms with E-state index in [-0.39, 0.29) is 23.7 Å². The first kappa shape index (κ1) is 13.8. The highest BCUT2D eigenvalue weighted by atomic mass is 16.5. The summed E-state index contributed by atoms with van der Waals surface area (Å²) in [6.07, 6.45) is 3.47. The lowest BCUT2D eigenvalue weighted by Crippen LogP contribution is -2.21. The van der Waals surface area contributed by atoms with Gasteiger partial charge in [-0.25, -0.2) is 5.48 Å². The number of nitrogens with zero attached hydrogens (tertiary/aromatic N) is 2. The quantitative estimate of drug-likeness (QED) is 0.576. The first-order valence-corrected chi connectivity index (χ1v) is 7.50. The van der Waals surface area contributed by atoms with Crippen LogP contribution in [0.15, 0.2) is 60.9 Å². The third-order valence-corrected chi connectivity index (χ3v) is 4.50. The van der Waals surface area contributed by atoms with Crippen LogP contribution in [-0.4, -0.2) is 21.1 Å². The van der Waals surface area contributed by atoms with Crippen molar-refractivity contribution in [3.8, 4) is 0 Å². The van der Waals surface area contributed by atoms with Gasteiger partial charge in [0, 0.05) is 24.2 Å². The third kappa shape index (κ3) is 2.26. The summed E-state index contributed by atoms with van der Waals surface area (Å²) in [5.41, 5.74) is 5.51. The average molecular weight is 305 g/mol. The Morgan fingerprint density at radius 2 is 1.78 bits per heavy atom. The van der Waals surface area contributed by atoms with Crippen LogP contribution in [-0.2, 0) is 4.79 Å². The van der Waals surface area contributed by atoms with E-state index in [1.165, 1.54) is 0 Å². The number of hydroxylamine groups is 1. The van der Waals surface area contributed by atoms with Crippen molar-refractivity contribution in [1.29, 1.82) is 0 Å². The number of amides is 1. The lowest BCUT2D eigenvalue weighted by atomic mass is 10.0. The van der Waals surface area contributed by atoms with E-state index < -0.39 is 0 Å². The molecule has 114 valence electrons. The van der Waals surface area contributed by atoms with Gasteiger partial charge in [0.15, 0.2) is 0 Å². The first-order chi connectivity index (χ1) is 11.3. The van der Waals surface area contributed by atoms with Crippen molar-refractivity contribution < 1.29 is 10.0 Å². The largest absolute Gasteiger partial charge is 0.289 e. The molecule has 1 aliphatic rings. The molecule has 1 amide bonds. The van der Waals surface area contributed by atoms with Gasteiger partial charge in [-0.3, -0.25) is 20.0 Å². The summed E-state index contributed by atoms with van der Waals surface area (Å²) in [4.78, 5) is 20.8.